The number of hydrogen-bond acceptors (Lipinski definition) is 6. The molecule has 26 heavy (non-hydrogen) atoms. The number of aromatic nitrogens is 1. The number of carbonyl (C=O) groups excluding carboxylic acids is 4. The van der Waals surface area contributed by atoms with E-state index in [1.165, 1.54) is 12.3 Å². The number of likely N-dealkylation sites (tertiary alicyclic amines) is 1. The summed E-state index contributed by atoms with van der Waals surface area (Å²) >= 11 is 5.70. The maximum absolute atomic E-state index is 12.3. The lowest BCUT2D eigenvalue weighted by Crippen LogP contribution is -2.37. The van der Waals surface area contributed by atoms with Crippen molar-refractivity contribution < 1.29 is 23.9 Å². The lowest BCUT2D eigenvalue weighted by Gasteiger charge is -2.19. The third kappa shape index (κ3) is 4.01. The molecular weight excluding hydrogens is 362 g/mol. The third-order valence-electron chi connectivity index (χ3n) is 4.58. The van der Waals surface area contributed by atoms with Crippen LogP contribution < -0.4 is 5.32 Å². The fourth-order valence-electron chi connectivity index (χ4n) is 3.34. The molecule has 1 aromatic heterocycles. The van der Waals surface area contributed by atoms with Gasteiger partial charge < -0.3 is 10.1 Å². The highest BCUT2D eigenvalue weighted by atomic mass is 35.5. The molecule has 0 radical (unpaired) electrons. The van der Waals surface area contributed by atoms with E-state index >= 15 is 0 Å². The summed E-state index contributed by atoms with van der Waals surface area (Å²) in [5.41, 5.74) is 0. The first-order valence-electron chi connectivity index (χ1n) is 8.38. The maximum atomic E-state index is 12.3. The number of carbonyl (C=O) groups is 4. The number of esters is 1. The molecule has 1 saturated heterocycles. The van der Waals surface area contributed by atoms with Crippen molar-refractivity contribution in [3.8, 4) is 0 Å². The van der Waals surface area contributed by atoms with Gasteiger partial charge in [0.05, 0.1) is 16.9 Å². The van der Waals surface area contributed by atoms with Gasteiger partial charge in [0.2, 0.25) is 11.8 Å². The first-order valence-corrected chi connectivity index (χ1v) is 8.76. The molecule has 3 rings (SSSR count). The van der Waals surface area contributed by atoms with Crippen LogP contribution in [0.4, 0.5) is 5.82 Å². The number of anilines is 1. The van der Waals surface area contributed by atoms with Crippen LogP contribution >= 0.6 is 11.6 Å². The van der Waals surface area contributed by atoms with Gasteiger partial charge in [0.15, 0.2) is 6.61 Å². The summed E-state index contributed by atoms with van der Waals surface area (Å²) in [6, 6.07) is 3.06. The average molecular weight is 380 g/mol. The van der Waals surface area contributed by atoms with E-state index in [0.717, 1.165) is 17.7 Å². The monoisotopic (exact) mass is 379 g/mol. The molecule has 1 saturated carbocycles. The highest BCUT2D eigenvalue weighted by Gasteiger charge is 2.48. The Balaban J connectivity index is 1.48. The van der Waals surface area contributed by atoms with E-state index in [9.17, 15) is 19.2 Å². The minimum Gasteiger partial charge on any atom is -0.454 e. The van der Waals surface area contributed by atoms with E-state index in [0.29, 0.717) is 17.9 Å². The lowest BCUT2D eigenvalue weighted by atomic mass is 9.81. The molecular formula is C17H18ClN3O5. The zero-order chi connectivity index (χ0) is 18.7. The number of ether oxygens (including phenoxy) is 1. The van der Waals surface area contributed by atoms with Crippen molar-refractivity contribution in [2.45, 2.75) is 25.7 Å². The minimum absolute atomic E-state index is 0.268. The second kappa shape index (κ2) is 7.82. The fourth-order valence-corrected chi connectivity index (χ4v) is 3.45. The highest BCUT2D eigenvalue weighted by molar-refractivity contribution is 6.30. The number of imide groups is 1. The van der Waals surface area contributed by atoms with Crippen LogP contribution in [-0.4, -0.2) is 46.7 Å². The average Bonchev–Trinajstić information content (AvgIpc) is 2.87. The van der Waals surface area contributed by atoms with Crippen molar-refractivity contribution in [1.82, 2.24) is 9.88 Å². The molecule has 0 aromatic carbocycles. The highest BCUT2D eigenvalue weighted by Crippen LogP contribution is 2.37. The number of nitrogens with one attached hydrogen (secondary N) is 1. The van der Waals surface area contributed by atoms with Crippen molar-refractivity contribution >= 4 is 41.1 Å². The molecule has 1 N–H and O–H groups in total. The first kappa shape index (κ1) is 18.3. The predicted octanol–water partition coefficient (Wildman–Crippen LogP) is 1.39. The quantitative estimate of drug-likeness (QED) is 0.612. The molecule has 0 unspecified atom stereocenters. The molecule has 0 spiro atoms. The molecule has 1 aliphatic heterocycles. The smallest absolute Gasteiger partial charge is 0.326 e. The van der Waals surface area contributed by atoms with Gasteiger partial charge in [0.1, 0.15) is 12.4 Å². The number of nitrogens with zero attached hydrogens (tertiary/aromatic N) is 2. The molecule has 8 nitrogen and oxygen atoms in total. The summed E-state index contributed by atoms with van der Waals surface area (Å²) in [6.45, 7) is -0.997. The van der Waals surface area contributed by atoms with Crippen LogP contribution in [0.3, 0.4) is 0 Å². The summed E-state index contributed by atoms with van der Waals surface area (Å²) in [6.07, 6.45) is 4.55. The SMILES string of the molecule is O=C(COC(=O)CN1C(=O)[C@H]2CCCC[C@H]2C1=O)Nc1ccc(Cl)cn1. The van der Waals surface area contributed by atoms with Gasteiger partial charge in [0.25, 0.3) is 5.91 Å². The Hall–Kier alpha value is -2.48. The number of amides is 3. The Morgan fingerprint density at radius 2 is 1.85 bits per heavy atom. The molecule has 1 aromatic rings. The largest absolute Gasteiger partial charge is 0.454 e. The number of halogens is 1. The normalized spacial score (nSPS) is 22.1. The van der Waals surface area contributed by atoms with E-state index in [4.69, 9.17) is 16.3 Å². The van der Waals surface area contributed by atoms with Gasteiger partial charge in [-0.3, -0.25) is 24.1 Å². The van der Waals surface area contributed by atoms with Crippen LogP contribution in [0.15, 0.2) is 18.3 Å². The van der Waals surface area contributed by atoms with Gasteiger partial charge in [0, 0.05) is 6.20 Å². The minimum atomic E-state index is -0.801. The molecule has 0 bridgehead atoms. The predicted molar refractivity (Wildman–Crippen MR) is 91.0 cm³/mol. The van der Waals surface area contributed by atoms with Crippen LogP contribution in [0.5, 0.6) is 0 Å². The summed E-state index contributed by atoms with van der Waals surface area (Å²) in [5.74, 6) is -2.38. The zero-order valence-corrected chi connectivity index (χ0v) is 14.7. The molecule has 138 valence electrons. The second-order valence-corrected chi connectivity index (χ2v) is 6.77. The van der Waals surface area contributed by atoms with Crippen molar-refractivity contribution in [3.63, 3.8) is 0 Å². The van der Waals surface area contributed by atoms with Crippen LogP contribution in [-0.2, 0) is 23.9 Å². The number of hydrogen-bond donors (Lipinski definition) is 1. The molecule has 9 heteroatoms. The molecule has 2 heterocycles. The third-order valence-corrected chi connectivity index (χ3v) is 4.80. The number of fused-ring (bicyclic) bond motifs is 1. The number of pyridine rings is 1. The van der Waals surface area contributed by atoms with Crippen LogP contribution in [0.2, 0.25) is 5.02 Å². The Morgan fingerprint density at radius 1 is 1.19 bits per heavy atom. The topological polar surface area (TPSA) is 106 Å². The van der Waals surface area contributed by atoms with Gasteiger partial charge in [-0.15, -0.1) is 0 Å². The number of rotatable bonds is 5. The van der Waals surface area contributed by atoms with Gasteiger partial charge in [-0.05, 0) is 25.0 Å². The van der Waals surface area contributed by atoms with Crippen LogP contribution in [0.1, 0.15) is 25.7 Å². The standard InChI is InChI=1S/C17H18ClN3O5/c18-10-5-6-13(19-7-10)20-14(22)9-26-15(23)8-21-16(24)11-3-1-2-4-12(11)17(21)25/h5-7,11-12H,1-4,8-9H2,(H,19,20,22)/t11-,12+. The first-order chi connectivity index (χ1) is 12.5. The molecule has 3 amide bonds. The van der Waals surface area contributed by atoms with Crippen molar-refractivity contribution in [3.05, 3.63) is 23.4 Å². The van der Waals surface area contributed by atoms with Crippen LogP contribution in [0, 0.1) is 11.8 Å². The molecule has 2 atom stereocenters. The van der Waals surface area contributed by atoms with E-state index in [2.05, 4.69) is 10.3 Å². The molecule has 2 aliphatic rings. The van der Waals surface area contributed by atoms with Gasteiger partial charge in [-0.1, -0.05) is 24.4 Å². The summed E-state index contributed by atoms with van der Waals surface area (Å²) in [4.78, 5) is 53.1. The summed E-state index contributed by atoms with van der Waals surface area (Å²) in [5, 5.41) is 2.87. The zero-order valence-electron chi connectivity index (χ0n) is 13.9. The van der Waals surface area contributed by atoms with Crippen molar-refractivity contribution in [2.75, 3.05) is 18.5 Å². The Morgan fingerprint density at radius 3 is 2.42 bits per heavy atom. The second-order valence-electron chi connectivity index (χ2n) is 6.33. The van der Waals surface area contributed by atoms with E-state index in [1.807, 2.05) is 0 Å². The van der Waals surface area contributed by atoms with Crippen molar-refractivity contribution in [1.29, 1.82) is 0 Å². The Bertz CT molecular complexity index is 712. The molecule has 2 fully saturated rings. The van der Waals surface area contributed by atoms with Gasteiger partial charge in [-0.25, -0.2) is 4.98 Å². The van der Waals surface area contributed by atoms with E-state index in [-0.39, 0.29) is 29.5 Å². The van der Waals surface area contributed by atoms with E-state index < -0.39 is 25.0 Å². The van der Waals surface area contributed by atoms with Gasteiger partial charge >= 0.3 is 5.97 Å². The Labute approximate surface area is 154 Å². The summed E-state index contributed by atoms with van der Waals surface area (Å²) < 4.78 is 4.86. The maximum Gasteiger partial charge on any atom is 0.326 e. The van der Waals surface area contributed by atoms with Crippen LogP contribution in [0.25, 0.3) is 0 Å². The lowest BCUT2D eigenvalue weighted by molar-refractivity contribution is -0.154. The molecule has 1 aliphatic carbocycles. The summed E-state index contributed by atoms with van der Waals surface area (Å²) in [7, 11) is 0. The van der Waals surface area contributed by atoms with Gasteiger partial charge in [-0.2, -0.15) is 0 Å². The fraction of sp³-hybridized carbons (Fsp3) is 0.471. The Kier molecular flexibility index (Phi) is 5.51. The van der Waals surface area contributed by atoms with Crippen molar-refractivity contribution in [2.24, 2.45) is 11.8 Å². The van der Waals surface area contributed by atoms with E-state index in [1.54, 1.807) is 6.07 Å².